The van der Waals surface area contributed by atoms with Crippen molar-refractivity contribution in [3.63, 3.8) is 0 Å². The van der Waals surface area contributed by atoms with Gasteiger partial charge < -0.3 is 14.3 Å². The zero-order valence-corrected chi connectivity index (χ0v) is 12.5. The minimum atomic E-state index is -3.97. The Morgan fingerprint density at radius 3 is 2.08 bits per heavy atom. The van der Waals surface area contributed by atoms with Crippen molar-refractivity contribution in [1.29, 1.82) is 0 Å². The molecule has 0 aromatic heterocycles. The molecule has 0 spiro atoms. The van der Waals surface area contributed by atoms with Gasteiger partial charge in [0.25, 0.3) is 0 Å². The van der Waals surface area contributed by atoms with E-state index in [0.717, 1.165) is 25.7 Å². The molecule has 0 N–H and O–H groups in total. The summed E-state index contributed by atoms with van der Waals surface area (Å²) >= 11 is 4.22. The van der Waals surface area contributed by atoms with Gasteiger partial charge in [0.1, 0.15) is 0 Å². The molecular formula is C7H13O3PSZn. The monoisotopic (exact) mass is 272 g/mol. The minimum Gasteiger partial charge on any atom is -0.812 e. The van der Waals surface area contributed by atoms with Crippen LogP contribution in [0.3, 0.4) is 0 Å². The molecule has 0 saturated heterocycles. The zero-order valence-electron chi connectivity index (χ0n) is 7.82. The van der Waals surface area contributed by atoms with Crippen LogP contribution < -0.4 is 9.79 Å². The van der Waals surface area contributed by atoms with Crippen molar-refractivity contribution in [2.75, 3.05) is 0 Å². The summed E-state index contributed by atoms with van der Waals surface area (Å²) < 4.78 is 4.88. The molecule has 13 heavy (non-hydrogen) atoms. The molecule has 0 amide bonds. The van der Waals surface area contributed by atoms with Crippen LogP contribution in [0.2, 0.25) is 0 Å². The molecule has 1 rings (SSSR count). The average molecular weight is 274 g/mol. The van der Waals surface area contributed by atoms with Crippen LogP contribution in [-0.2, 0) is 35.8 Å². The summed E-state index contributed by atoms with van der Waals surface area (Å²) in [4.78, 5) is 21.5. The molecule has 0 aliphatic heterocycles. The van der Waals surface area contributed by atoms with Crippen molar-refractivity contribution in [2.24, 2.45) is 0 Å². The molecule has 6 heteroatoms. The minimum absolute atomic E-state index is 0. The quantitative estimate of drug-likeness (QED) is 0.548. The van der Waals surface area contributed by atoms with Gasteiger partial charge in [-0.15, -0.1) is 11.8 Å². The van der Waals surface area contributed by atoms with Gasteiger partial charge in [0.2, 0.25) is 0 Å². The zero-order chi connectivity index (χ0) is 9.24. The Morgan fingerprint density at radius 1 is 1.23 bits per heavy atom. The molecule has 1 saturated carbocycles. The predicted octanol–water partition coefficient (Wildman–Crippen LogP) is 0.668. The number of rotatable bonds is 2. The van der Waals surface area contributed by atoms with Gasteiger partial charge in [-0.05, 0) is 19.8 Å². The molecule has 1 aliphatic carbocycles. The molecule has 72 valence electrons. The predicted molar refractivity (Wildman–Crippen MR) is 46.9 cm³/mol. The van der Waals surface area contributed by atoms with E-state index in [1.165, 1.54) is 6.42 Å². The van der Waals surface area contributed by atoms with E-state index in [0.29, 0.717) is 0 Å². The third kappa shape index (κ3) is 5.56. The van der Waals surface area contributed by atoms with Crippen molar-refractivity contribution in [3.8, 4) is 0 Å². The molecule has 0 atom stereocenters. The van der Waals surface area contributed by atoms with Crippen LogP contribution in [0.15, 0.2) is 0 Å². The van der Waals surface area contributed by atoms with Crippen LogP contribution in [0.1, 0.15) is 39.0 Å². The van der Waals surface area contributed by atoms with E-state index >= 15 is 0 Å². The fourth-order valence-electron chi connectivity index (χ4n) is 1.66. The molecule has 1 aliphatic rings. The average Bonchev–Trinajstić information content (AvgIpc) is 1.83. The number of hydrogen-bond acceptors (Lipinski definition) is 4. The largest absolute Gasteiger partial charge is 2.00 e. The topological polar surface area (TPSA) is 55.3 Å². The van der Waals surface area contributed by atoms with Crippen molar-refractivity contribution in [2.45, 2.75) is 44.6 Å². The van der Waals surface area contributed by atoms with Crippen molar-refractivity contribution in [3.05, 3.63) is 0 Å². The van der Waals surface area contributed by atoms with E-state index in [1.54, 1.807) is 0 Å². The summed E-state index contributed by atoms with van der Waals surface area (Å²) in [5.41, 5.74) is -0.517. The second-order valence-corrected chi connectivity index (χ2v) is 5.97. The summed E-state index contributed by atoms with van der Waals surface area (Å²) in [6.07, 6.45) is 4.84. The second kappa shape index (κ2) is 5.30. The standard InChI is InChI=1S/C7H15O3PS.Zn/c1-7(10-11(8,9)12)5-3-2-4-6-7;/h2-6H2,1H3,(H2,8,9,12);/q;+2/p-2. The second-order valence-electron chi connectivity index (χ2n) is 3.55. The van der Waals surface area contributed by atoms with E-state index in [9.17, 15) is 9.79 Å². The third-order valence-electron chi connectivity index (χ3n) is 2.24. The molecule has 0 aromatic carbocycles. The van der Waals surface area contributed by atoms with Gasteiger partial charge in [-0.25, -0.2) is 0 Å². The molecule has 1 fully saturated rings. The third-order valence-corrected chi connectivity index (χ3v) is 3.13. The van der Waals surface area contributed by atoms with Crippen LogP contribution in [-0.4, -0.2) is 5.60 Å². The molecule has 0 bridgehead atoms. The van der Waals surface area contributed by atoms with Crippen LogP contribution in [0, 0.1) is 0 Å². The molecule has 0 unspecified atom stereocenters. The summed E-state index contributed by atoms with van der Waals surface area (Å²) in [6.45, 7) is -2.14. The van der Waals surface area contributed by atoms with E-state index in [2.05, 4.69) is 11.8 Å². The van der Waals surface area contributed by atoms with Gasteiger partial charge >= 0.3 is 19.5 Å². The van der Waals surface area contributed by atoms with E-state index in [-0.39, 0.29) is 19.5 Å². The van der Waals surface area contributed by atoms with Crippen molar-refractivity contribution >= 4 is 18.5 Å². The van der Waals surface area contributed by atoms with Crippen molar-refractivity contribution in [1.82, 2.24) is 0 Å². The molecule has 3 nitrogen and oxygen atoms in total. The first-order valence-corrected chi connectivity index (χ1v) is 6.70. The normalized spacial score (nSPS) is 22.1. The molecule has 0 aromatic rings. The summed E-state index contributed by atoms with van der Waals surface area (Å²) in [5.74, 6) is 0. The van der Waals surface area contributed by atoms with Gasteiger partial charge in [0.05, 0.1) is 5.60 Å². The summed E-state index contributed by atoms with van der Waals surface area (Å²) in [7, 11) is 0. The van der Waals surface area contributed by atoms with Crippen LogP contribution in [0.5, 0.6) is 0 Å². The van der Waals surface area contributed by atoms with Gasteiger partial charge in [-0.3, -0.25) is 0 Å². The van der Waals surface area contributed by atoms with Gasteiger partial charge in [0, 0.05) is 0 Å². The Morgan fingerprint density at radius 2 is 1.69 bits per heavy atom. The molecule has 0 heterocycles. The first-order valence-electron chi connectivity index (χ1n) is 4.14. The first-order chi connectivity index (χ1) is 5.41. The van der Waals surface area contributed by atoms with E-state index < -0.39 is 12.3 Å². The SMILES string of the molecule is CC1(OP([O-])([O-])=S)CCCCC1.[Zn+2]. The van der Waals surface area contributed by atoms with Crippen LogP contribution in [0.4, 0.5) is 0 Å². The Labute approximate surface area is 96.9 Å². The summed E-state index contributed by atoms with van der Waals surface area (Å²) in [5, 5.41) is 0. The van der Waals surface area contributed by atoms with E-state index in [1.807, 2.05) is 6.92 Å². The molecule has 0 radical (unpaired) electrons. The summed E-state index contributed by atoms with van der Waals surface area (Å²) in [6, 6.07) is 0. The number of hydrogen-bond donors (Lipinski definition) is 0. The smallest absolute Gasteiger partial charge is 0.812 e. The molecular weight excluding hydrogens is 261 g/mol. The fraction of sp³-hybridized carbons (Fsp3) is 1.00. The Bertz CT molecular complexity index is 200. The van der Waals surface area contributed by atoms with Gasteiger partial charge in [-0.2, -0.15) is 0 Å². The maximum absolute atomic E-state index is 10.7. The van der Waals surface area contributed by atoms with Crippen molar-refractivity contribution < 1.29 is 33.8 Å². The maximum Gasteiger partial charge on any atom is 2.00 e. The van der Waals surface area contributed by atoms with Gasteiger partial charge in [-0.1, -0.05) is 26.0 Å². The Kier molecular flexibility index (Phi) is 5.77. The Balaban J connectivity index is 0.00000144. The fourth-order valence-corrected chi connectivity index (χ4v) is 2.92. The maximum atomic E-state index is 10.7. The first kappa shape index (κ1) is 14.2. The van der Waals surface area contributed by atoms with Crippen LogP contribution in [0.25, 0.3) is 0 Å². The van der Waals surface area contributed by atoms with Gasteiger partial charge in [0.15, 0.2) is 0 Å². The Hall–Kier alpha value is 1.15. The van der Waals surface area contributed by atoms with E-state index in [4.69, 9.17) is 4.52 Å². The van der Waals surface area contributed by atoms with Crippen LogP contribution >= 0.6 is 6.72 Å².